The number of benzene rings is 2. The Labute approximate surface area is 153 Å². The minimum Gasteiger partial charge on any atom is -0.493 e. The summed E-state index contributed by atoms with van der Waals surface area (Å²) in [5.74, 6) is 0.0926. The van der Waals surface area contributed by atoms with Gasteiger partial charge < -0.3 is 19.5 Å². The van der Waals surface area contributed by atoms with Crippen LogP contribution in [-0.4, -0.2) is 31.2 Å². The van der Waals surface area contributed by atoms with E-state index in [-0.39, 0.29) is 11.5 Å². The standard InChI is InChI=1S/C19H15NO5S/c1-24-14-7-12-13-9-20(11-5-3-4-10(6-11)19(22)23)18(21)17(13)26-16(12)8-15(14)25-2/h3-8H,9H2,1-2H3,(H,22,23). The molecular formula is C19H15NO5S. The highest BCUT2D eigenvalue weighted by atomic mass is 32.1. The van der Waals surface area contributed by atoms with Crippen LogP contribution < -0.4 is 14.4 Å². The Kier molecular flexibility index (Phi) is 3.81. The molecule has 0 fully saturated rings. The zero-order chi connectivity index (χ0) is 18.4. The fourth-order valence-electron chi connectivity index (χ4n) is 3.17. The van der Waals surface area contributed by atoms with Crippen LogP contribution in [-0.2, 0) is 6.54 Å². The van der Waals surface area contributed by atoms with Crippen molar-refractivity contribution in [2.24, 2.45) is 0 Å². The van der Waals surface area contributed by atoms with Gasteiger partial charge in [0, 0.05) is 27.4 Å². The molecule has 0 aliphatic carbocycles. The number of fused-ring (bicyclic) bond motifs is 3. The number of hydrogen-bond donors (Lipinski definition) is 1. The van der Waals surface area contributed by atoms with E-state index in [2.05, 4.69) is 0 Å². The molecule has 6 nitrogen and oxygen atoms in total. The Morgan fingerprint density at radius 2 is 1.88 bits per heavy atom. The first kappa shape index (κ1) is 16.4. The van der Waals surface area contributed by atoms with E-state index in [4.69, 9.17) is 9.47 Å². The van der Waals surface area contributed by atoms with Crippen LogP contribution in [0.25, 0.3) is 10.1 Å². The molecule has 0 unspecified atom stereocenters. The summed E-state index contributed by atoms with van der Waals surface area (Å²) in [4.78, 5) is 26.3. The molecule has 0 saturated heterocycles. The number of rotatable bonds is 4. The first-order valence-electron chi connectivity index (χ1n) is 7.86. The largest absolute Gasteiger partial charge is 0.493 e. The molecule has 26 heavy (non-hydrogen) atoms. The molecule has 0 radical (unpaired) electrons. The van der Waals surface area contributed by atoms with Gasteiger partial charge in [-0.05, 0) is 24.3 Å². The van der Waals surface area contributed by atoms with Crippen molar-refractivity contribution in [3.8, 4) is 11.5 Å². The van der Waals surface area contributed by atoms with E-state index >= 15 is 0 Å². The zero-order valence-electron chi connectivity index (χ0n) is 14.1. The quantitative estimate of drug-likeness (QED) is 0.757. The molecule has 1 aliphatic rings. The van der Waals surface area contributed by atoms with E-state index in [9.17, 15) is 14.7 Å². The number of aromatic carboxylic acids is 1. The first-order chi connectivity index (χ1) is 12.5. The van der Waals surface area contributed by atoms with Crippen molar-refractivity contribution in [2.45, 2.75) is 6.54 Å². The molecule has 0 bridgehead atoms. The van der Waals surface area contributed by atoms with Crippen molar-refractivity contribution in [3.05, 3.63) is 52.4 Å². The number of carbonyl (C=O) groups is 2. The summed E-state index contributed by atoms with van der Waals surface area (Å²) < 4.78 is 11.7. The Morgan fingerprint density at radius 1 is 1.15 bits per heavy atom. The predicted octanol–water partition coefficient (Wildman–Crippen LogP) is 3.78. The molecule has 0 spiro atoms. The molecule has 0 saturated carbocycles. The Bertz CT molecular complexity index is 1060. The van der Waals surface area contributed by atoms with Gasteiger partial charge >= 0.3 is 5.97 Å². The van der Waals surface area contributed by atoms with Crippen molar-refractivity contribution in [3.63, 3.8) is 0 Å². The molecular weight excluding hydrogens is 354 g/mol. The third-order valence-electron chi connectivity index (χ3n) is 4.46. The van der Waals surface area contributed by atoms with Crippen LogP contribution in [0.15, 0.2) is 36.4 Å². The van der Waals surface area contributed by atoms with Crippen LogP contribution in [0.2, 0.25) is 0 Å². The number of ether oxygens (including phenoxy) is 2. The number of nitrogens with zero attached hydrogens (tertiary/aromatic N) is 1. The van der Waals surface area contributed by atoms with Gasteiger partial charge in [-0.1, -0.05) is 6.07 Å². The minimum absolute atomic E-state index is 0.123. The van der Waals surface area contributed by atoms with Gasteiger partial charge in [-0.15, -0.1) is 11.3 Å². The molecule has 1 aliphatic heterocycles. The molecule has 1 aromatic heterocycles. The lowest BCUT2D eigenvalue weighted by molar-refractivity contribution is 0.0696. The second kappa shape index (κ2) is 6.03. The number of anilines is 1. The molecule has 0 atom stereocenters. The van der Waals surface area contributed by atoms with E-state index in [1.165, 1.54) is 23.5 Å². The molecule has 1 amide bonds. The van der Waals surface area contributed by atoms with Gasteiger partial charge in [0.25, 0.3) is 5.91 Å². The van der Waals surface area contributed by atoms with Crippen molar-refractivity contribution in [1.82, 2.24) is 0 Å². The molecule has 3 aromatic rings. The SMILES string of the molecule is COc1cc2sc3c(c2cc1OC)CN(c1cccc(C(=O)O)c1)C3=O. The van der Waals surface area contributed by atoms with Gasteiger partial charge in [0.2, 0.25) is 0 Å². The third-order valence-corrected chi connectivity index (χ3v) is 5.64. The monoisotopic (exact) mass is 369 g/mol. The Hall–Kier alpha value is -3.06. The summed E-state index contributed by atoms with van der Waals surface area (Å²) >= 11 is 1.41. The van der Waals surface area contributed by atoms with Gasteiger partial charge in [0.05, 0.1) is 31.2 Å². The highest BCUT2D eigenvalue weighted by molar-refractivity contribution is 7.21. The summed E-state index contributed by atoms with van der Waals surface area (Å²) in [5, 5.41) is 10.1. The van der Waals surface area contributed by atoms with E-state index in [0.29, 0.717) is 28.6 Å². The zero-order valence-corrected chi connectivity index (χ0v) is 14.9. The van der Waals surface area contributed by atoms with Crippen molar-refractivity contribution < 1.29 is 24.2 Å². The number of amides is 1. The first-order valence-corrected chi connectivity index (χ1v) is 8.67. The molecule has 4 rings (SSSR count). The molecule has 2 aromatic carbocycles. The summed E-state index contributed by atoms with van der Waals surface area (Å²) in [5.41, 5.74) is 1.66. The number of carboxylic acids is 1. The highest BCUT2D eigenvalue weighted by Gasteiger charge is 2.33. The van der Waals surface area contributed by atoms with Crippen LogP contribution in [0.5, 0.6) is 11.5 Å². The van der Waals surface area contributed by atoms with Gasteiger partial charge in [-0.3, -0.25) is 4.79 Å². The van der Waals surface area contributed by atoms with E-state index in [1.54, 1.807) is 31.3 Å². The number of methoxy groups -OCH3 is 2. The summed E-state index contributed by atoms with van der Waals surface area (Å²) in [6.45, 7) is 0.396. The maximum Gasteiger partial charge on any atom is 0.335 e. The van der Waals surface area contributed by atoms with Gasteiger partial charge in [-0.2, -0.15) is 0 Å². The fourth-order valence-corrected chi connectivity index (χ4v) is 4.35. The number of carboxylic acid groups (broad SMARTS) is 1. The van der Waals surface area contributed by atoms with Crippen molar-refractivity contribution in [2.75, 3.05) is 19.1 Å². The number of thiophene rings is 1. The molecule has 132 valence electrons. The molecule has 7 heteroatoms. The lowest BCUT2D eigenvalue weighted by Crippen LogP contribution is -2.23. The summed E-state index contributed by atoms with van der Waals surface area (Å²) in [6.07, 6.45) is 0. The Balaban J connectivity index is 1.78. The summed E-state index contributed by atoms with van der Waals surface area (Å²) in [6, 6.07) is 10.2. The van der Waals surface area contributed by atoms with E-state index in [0.717, 1.165) is 15.6 Å². The maximum absolute atomic E-state index is 12.9. The van der Waals surface area contributed by atoms with E-state index < -0.39 is 5.97 Å². The predicted molar refractivity (Wildman–Crippen MR) is 98.8 cm³/mol. The van der Waals surface area contributed by atoms with Gasteiger partial charge in [0.1, 0.15) is 0 Å². The van der Waals surface area contributed by atoms with Crippen molar-refractivity contribution in [1.29, 1.82) is 0 Å². The molecule has 1 N–H and O–H groups in total. The van der Waals surface area contributed by atoms with Crippen LogP contribution in [0.3, 0.4) is 0 Å². The third kappa shape index (κ3) is 2.40. The van der Waals surface area contributed by atoms with Gasteiger partial charge in [-0.25, -0.2) is 4.79 Å². The second-order valence-corrected chi connectivity index (χ2v) is 6.91. The maximum atomic E-state index is 12.9. The topological polar surface area (TPSA) is 76.1 Å². The van der Waals surface area contributed by atoms with Crippen LogP contribution in [0, 0.1) is 0 Å². The average molecular weight is 369 g/mol. The number of hydrogen-bond acceptors (Lipinski definition) is 5. The van der Waals surface area contributed by atoms with E-state index in [1.807, 2.05) is 12.1 Å². The number of carbonyl (C=O) groups excluding carboxylic acids is 1. The van der Waals surface area contributed by atoms with Crippen LogP contribution >= 0.6 is 11.3 Å². The lowest BCUT2D eigenvalue weighted by atomic mass is 10.1. The average Bonchev–Trinajstić information content (AvgIpc) is 3.16. The molecule has 2 heterocycles. The van der Waals surface area contributed by atoms with Crippen molar-refractivity contribution >= 4 is 39.0 Å². The second-order valence-electron chi connectivity index (χ2n) is 5.86. The highest BCUT2D eigenvalue weighted by Crippen LogP contribution is 2.43. The normalized spacial score (nSPS) is 13.2. The minimum atomic E-state index is -1.02. The van der Waals surface area contributed by atoms with Crippen LogP contribution in [0.1, 0.15) is 25.6 Å². The Morgan fingerprint density at radius 3 is 2.58 bits per heavy atom. The lowest BCUT2D eigenvalue weighted by Gasteiger charge is -2.16. The summed E-state index contributed by atoms with van der Waals surface area (Å²) in [7, 11) is 3.15. The fraction of sp³-hybridized carbons (Fsp3) is 0.158. The smallest absolute Gasteiger partial charge is 0.335 e. The van der Waals surface area contributed by atoms with Gasteiger partial charge in [0.15, 0.2) is 11.5 Å². The van der Waals surface area contributed by atoms with Crippen LogP contribution in [0.4, 0.5) is 5.69 Å².